The van der Waals surface area contributed by atoms with E-state index >= 15 is 0 Å². The van der Waals surface area contributed by atoms with E-state index in [1.165, 1.54) is 11.7 Å². The molecule has 1 heterocycles. The smallest absolute Gasteiger partial charge is 0.328 e. The van der Waals surface area contributed by atoms with E-state index in [0.717, 1.165) is 32.1 Å². The van der Waals surface area contributed by atoms with E-state index in [2.05, 4.69) is 5.32 Å². The van der Waals surface area contributed by atoms with E-state index in [-0.39, 0.29) is 17.4 Å². The lowest BCUT2D eigenvalue weighted by molar-refractivity contribution is -0.144. The molecule has 0 unspecified atom stereocenters. The Balaban J connectivity index is 1.88. The zero-order valence-corrected chi connectivity index (χ0v) is 14.7. The first-order valence-electron chi connectivity index (χ1n) is 8.80. The molecule has 0 bridgehead atoms. The highest BCUT2D eigenvalue weighted by atomic mass is 16.5. The van der Waals surface area contributed by atoms with E-state index in [4.69, 9.17) is 4.74 Å². The van der Waals surface area contributed by atoms with E-state index in [0.29, 0.717) is 23.1 Å². The third-order valence-corrected chi connectivity index (χ3v) is 5.23. The number of carbonyl (C=O) groups excluding carboxylic acids is 2. The van der Waals surface area contributed by atoms with Crippen LogP contribution in [-0.4, -0.2) is 29.6 Å². The van der Waals surface area contributed by atoms with Gasteiger partial charge in [-0.15, -0.1) is 0 Å². The Labute approximate surface area is 146 Å². The molecule has 0 radical (unpaired) electrons. The van der Waals surface area contributed by atoms with Gasteiger partial charge in [-0.05, 0) is 30.7 Å². The van der Waals surface area contributed by atoms with Gasteiger partial charge in [0, 0.05) is 18.8 Å². The molecule has 6 heteroatoms. The molecule has 1 amide bonds. The number of nitrogens with zero attached hydrogens (tertiary/aromatic N) is 1. The topological polar surface area (TPSA) is 77.4 Å². The molecule has 134 valence electrons. The van der Waals surface area contributed by atoms with Gasteiger partial charge in [-0.1, -0.05) is 31.4 Å². The van der Waals surface area contributed by atoms with Crippen molar-refractivity contribution in [1.82, 2.24) is 9.88 Å². The van der Waals surface area contributed by atoms with Crippen LogP contribution in [0.1, 0.15) is 53.6 Å². The fraction of sp³-hybridized carbons (Fsp3) is 0.526. The Kier molecular flexibility index (Phi) is 5.06. The summed E-state index contributed by atoms with van der Waals surface area (Å²) < 4.78 is 6.34. The normalized spacial score (nSPS) is 17.8. The van der Waals surface area contributed by atoms with Crippen LogP contribution < -0.4 is 10.9 Å². The Morgan fingerprint density at radius 2 is 2.00 bits per heavy atom. The van der Waals surface area contributed by atoms with Gasteiger partial charge in [-0.25, -0.2) is 4.79 Å². The summed E-state index contributed by atoms with van der Waals surface area (Å²) in [7, 11) is 2.98. The molecule has 0 saturated heterocycles. The second-order valence-corrected chi connectivity index (χ2v) is 6.83. The highest BCUT2D eigenvalue weighted by Gasteiger charge is 2.33. The number of hydrogen-bond acceptors (Lipinski definition) is 4. The molecular formula is C19H24N2O4. The average Bonchev–Trinajstić information content (AvgIpc) is 3.12. The largest absolute Gasteiger partial charge is 0.467 e. The molecule has 2 aliphatic carbocycles. The van der Waals surface area contributed by atoms with Gasteiger partial charge in [0.25, 0.3) is 11.5 Å². The van der Waals surface area contributed by atoms with E-state index < -0.39 is 12.0 Å². The van der Waals surface area contributed by atoms with Crippen molar-refractivity contribution in [3.8, 4) is 0 Å². The molecule has 1 atom stereocenters. The quantitative estimate of drug-likeness (QED) is 0.845. The predicted octanol–water partition coefficient (Wildman–Crippen LogP) is 1.81. The fourth-order valence-corrected chi connectivity index (χ4v) is 3.86. The maximum Gasteiger partial charge on any atom is 0.328 e. The van der Waals surface area contributed by atoms with Crippen LogP contribution >= 0.6 is 0 Å². The van der Waals surface area contributed by atoms with Crippen molar-refractivity contribution in [3.63, 3.8) is 0 Å². The number of amides is 1. The predicted molar refractivity (Wildman–Crippen MR) is 94.3 cm³/mol. The van der Waals surface area contributed by atoms with Crippen molar-refractivity contribution >= 4 is 18.0 Å². The molecule has 1 N–H and O–H groups in total. The number of rotatable bonds is 4. The number of hydrogen-bond donors (Lipinski definition) is 1. The minimum absolute atomic E-state index is 0.0895. The molecule has 2 aliphatic rings. The number of methoxy groups -OCH3 is 1. The van der Waals surface area contributed by atoms with Crippen molar-refractivity contribution in [2.24, 2.45) is 13.0 Å². The lowest BCUT2D eigenvalue weighted by Gasteiger charge is -2.29. The Morgan fingerprint density at radius 3 is 2.68 bits per heavy atom. The lowest BCUT2D eigenvalue weighted by Crippen LogP contribution is -2.47. The van der Waals surface area contributed by atoms with Crippen LogP contribution in [0.2, 0.25) is 0 Å². The summed E-state index contributed by atoms with van der Waals surface area (Å²) in [5.41, 5.74) is 1.62. The third kappa shape index (κ3) is 3.38. The van der Waals surface area contributed by atoms with Gasteiger partial charge in [0.1, 0.15) is 6.04 Å². The van der Waals surface area contributed by atoms with Crippen molar-refractivity contribution in [1.29, 1.82) is 0 Å². The first-order chi connectivity index (χ1) is 12.0. The Hall–Kier alpha value is -2.37. The number of allylic oxidation sites excluding steroid dienone is 1. The zero-order valence-electron chi connectivity index (χ0n) is 14.7. The van der Waals surface area contributed by atoms with Gasteiger partial charge in [0.2, 0.25) is 0 Å². The van der Waals surface area contributed by atoms with Crippen LogP contribution in [0.4, 0.5) is 0 Å². The first-order valence-corrected chi connectivity index (χ1v) is 8.80. The molecule has 1 fully saturated rings. The summed E-state index contributed by atoms with van der Waals surface area (Å²) in [6.07, 6.45) is 10.9. The molecule has 1 aromatic rings. The minimum atomic E-state index is -0.643. The standard InChI is InChI=1S/C19H24N2O4/c1-21-11-15(13-9-6-10-14(13)18(21)23)17(22)20-16(19(24)25-2)12-7-4-3-5-8-12/h6,9,11-12,16H,3-5,7-8,10H2,1-2H3,(H,20,22)/t16-/m0/s1. The Bertz CT molecular complexity index is 772. The van der Waals surface area contributed by atoms with Crippen molar-refractivity contribution in [2.45, 2.75) is 44.6 Å². The van der Waals surface area contributed by atoms with Crippen LogP contribution in [0.15, 0.2) is 17.1 Å². The van der Waals surface area contributed by atoms with E-state index in [1.807, 2.05) is 6.08 Å². The van der Waals surface area contributed by atoms with Gasteiger partial charge in [-0.2, -0.15) is 0 Å². The van der Waals surface area contributed by atoms with Crippen LogP contribution in [0.5, 0.6) is 0 Å². The van der Waals surface area contributed by atoms with Gasteiger partial charge in [-0.3, -0.25) is 9.59 Å². The third-order valence-electron chi connectivity index (χ3n) is 5.23. The molecule has 1 saturated carbocycles. The molecule has 3 rings (SSSR count). The molecule has 0 aromatic carbocycles. The fourth-order valence-electron chi connectivity index (χ4n) is 3.86. The summed E-state index contributed by atoms with van der Waals surface area (Å²) in [6.45, 7) is 0. The van der Waals surface area contributed by atoms with Crippen molar-refractivity contribution in [3.05, 3.63) is 39.3 Å². The molecule has 0 aliphatic heterocycles. The first kappa shape index (κ1) is 17.5. The SMILES string of the molecule is COC(=O)[C@@H](NC(=O)c1cn(C)c(=O)c2c1C=CC2)C1CCCCC1. The Morgan fingerprint density at radius 1 is 1.28 bits per heavy atom. The summed E-state index contributed by atoms with van der Waals surface area (Å²) in [4.78, 5) is 37.3. The molecule has 0 spiro atoms. The summed E-state index contributed by atoms with van der Waals surface area (Å²) >= 11 is 0. The van der Waals surface area contributed by atoms with Gasteiger partial charge < -0.3 is 14.6 Å². The number of aromatic nitrogens is 1. The highest BCUT2D eigenvalue weighted by molar-refractivity contribution is 6.00. The molecular weight excluding hydrogens is 320 g/mol. The number of fused-ring (bicyclic) bond motifs is 1. The maximum absolute atomic E-state index is 12.9. The minimum Gasteiger partial charge on any atom is -0.467 e. The van der Waals surface area contributed by atoms with E-state index in [1.54, 1.807) is 19.3 Å². The average molecular weight is 344 g/mol. The summed E-state index contributed by atoms with van der Waals surface area (Å²) in [5, 5.41) is 2.87. The van der Waals surface area contributed by atoms with E-state index in [9.17, 15) is 14.4 Å². The van der Waals surface area contributed by atoms with Gasteiger partial charge in [0.15, 0.2) is 0 Å². The second-order valence-electron chi connectivity index (χ2n) is 6.83. The molecule has 1 aromatic heterocycles. The number of esters is 1. The van der Waals surface area contributed by atoms with Crippen molar-refractivity contribution < 1.29 is 14.3 Å². The number of ether oxygens (including phenoxy) is 1. The molecule has 6 nitrogen and oxygen atoms in total. The van der Waals surface area contributed by atoms with Crippen LogP contribution in [-0.2, 0) is 23.0 Å². The monoisotopic (exact) mass is 344 g/mol. The van der Waals surface area contributed by atoms with Gasteiger partial charge in [0.05, 0.1) is 12.7 Å². The lowest BCUT2D eigenvalue weighted by atomic mass is 9.83. The number of nitrogens with one attached hydrogen (secondary N) is 1. The van der Waals surface area contributed by atoms with Crippen LogP contribution in [0, 0.1) is 5.92 Å². The van der Waals surface area contributed by atoms with Crippen molar-refractivity contribution in [2.75, 3.05) is 7.11 Å². The summed E-state index contributed by atoms with van der Waals surface area (Å²) in [5.74, 6) is -0.641. The molecule has 25 heavy (non-hydrogen) atoms. The second kappa shape index (κ2) is 7.25. The summed E-state index contributed by atoms with van der Waals surface area (Å²) in [6, 6.07) is -0.643. The van der Waals surface area contributed by atoms with Crippen LogP contribution in [0.3, 0.4) is 0 Å². The highest BCUT2D eigenvalue weighted by Crippen LogP contribution is 2.28. The number of carbonyl (C=O) groups is 2. The number of aryl methyl sites for hydroxylation is 1. The zero-order chi connectivity index (χ0) is 18.0. The van der Waals surface area contributed by atoms with Gasteiger partial charge >= 0.3 is 5.97 Å². The maximum atomic E-state index is 12.9. The number of pyridine rings is 1. The van der Waals surface area contributed by atoms with Crippen LogP contribution in [0.25, 0.3) is 6.08 Å².